The molecule has 1 aromatic heterocycles. The SMILES string of the molecule is CCCC(=O)N1CCCC1C(=O)Nc1nnc(C)s1. The van der Waals surface area contributed by atoms with Crippen LogP contribution in [0.15, 0.2) is 0 Å². The number of aryl methyl sites for hydroxylation is 1. The number of hydrogen-bond donors (Lipinski definition) is 1. The monoisotopic (exact) mass is 282 g/mol. The van der Waals surface area contributed by atoms with Gasteiger partial charge < -0.3 is 4.90 Å². The Labute approximate surface area is 116 Å². The first-order valence-corrected chi connectivity index (χ1v) is 7.34. The topological polar surface area (TPSA) is 75.2 Å². The molecule has 6 nitrogen and oxygen atoms in total. The Hall–Kier alpha value is -1.50. The van der Waals surface area contributed by atoms with Crippen LogP contribution in [0.4, 0.5) is 5.13 Å². The van der Waals surface area contributed by atoms with Crippen LogP contribution in [-0.2, 0) is 9.59 Å². The van der Waals surface area contributed by atoms with Gasteiger partial charge in [-0.15, -0.1) is 10.2 Å². The molecule has 1 atom stereocenters. The van der Waals surface area contributed by atoms with Crippen molar-refractivity contribution in [1.29, 1.82) is 0 Å². The summed E-state index contributed by atoms with van der Waals surface area (Å²) in [4.78, 5) is 25.8. The zero-order chi connectivity index (χ0) is 13.8. The van der Waals surface area contributed by atoms with Gasteiger partial charge in [0, 0.05) is 13.0 Å². The molecule has 7 heteroatoms. The van der Waals surface area contributed by atoms with E-state index in [-0.39, 0.29) is 17.9 Å². The van der Waals surface area contributed by atoms with E-state index >= 15 is 0 Å². The molecule has 1 N–H and O–H groups in total. The van der Waals surface area contributed by atoms with Crippen LogP contribution in [0.1, 0.15) is 37.6 Å². The summed E-state index contributed by atoms with van der Waals surface area (Å²) in [6.45, 7) is 4.47. The number of amides is 2. The largest absolute Gasteiger partial charge is 0.331 e. The Bertz CT molecular complexity index is 474. The normalized spacial score (nSPS) is 18.6. The van der Waals surface area contributed by atoms with Crippen LogP contribution < -0.4 is 5.32 Å². The molecule has 2 heterocycles. The van der Waals surface area contributed by atoms with Gasteiger partial charge in [0.05, 0.1) is 0 Å². The zero-order valence-corrected chi connectivity index (χ0v) is 12.0. The second-order valence-electron chi connectivity index (χ2n) is 4.61. The third-order valence-electron chi connectivity index (χ3n) is 3.10. The van der Waals surface area contributed by atoms with Crippen molar-refractivity contribution in [2.24, 2.45) is 0 Å². The lowest BCUT2D eigenvalue weighted by Crippen LogP contribution is -2.43. The van der Waals surface area contributed by atoms with Gasteiger partial charge in [-0.3, -0.25) is 14.9 Å². The molecule has 0 aromatic carbocycles. The van der Waals surface area contributed by atoms with Gasteiger partial charge >= 0.3 is 0 Å². The van der Waals surface area contributed by atoms with Crippen molar-refractivity contribution in [3.63, 3.8) is 0 Å². The molecular weight excluding hydrogens is 264 g/mol. The van der Waals surface area contributed by atoms with E-state index in [9.17, 15) is 9.59 Å². The number of carbonyl (C=O) groups is 2. The summed E-state index contributed by atoms with van der Waals surface area (Å²) in [5.74, 6) is -0.0910. The minimum atomic E-state index is -0.358. The Morgan fingerprint density at radius 2 is 2.26 bits per heavy atom. The number of anilines is 1. The van der Waals surface area contributed by atoms with E-state index in [0.29, 0.717) is 18.1 Å². The van der Waals surface area contributed by atoms with Crippen molar-refractivity contribution < 1.29 is 9.59 Å². The second kappa shape index (κ2) is 6.10. The molecule has 0 saturated carbocycles. The number of rotatable bonds is 4. The van der Waals surface area contributed by atoms with Gasteiger partial charge in [-0.1, -0.05) is 18.3 Å². The first-order valence-electron chi connectivity index (χ1n) is 6.52. The molecule has 1 saturated heterocycles. The molecule has 1 aromatic rings. The highest BCUT2D eigenvalue weighted by atomic mass is 32.1. The summed E-state index contributed by atoms with van der Waals surface area (Å²) >= 11 is 1.34. The predicted molar refractivity (Wildman–Crippen MR) is 72.9 cm³/mol. The first-order chi connectivity index (χ1) is 9.11. The summed E-state index contributed by atoms with van der Waals surface area (Å²) < 4.78 is 0. The van der Waals surface area contributed by atoms with Crippen LogP contribution >= 0.6 is 11.3 Å². The van der Waals surface area contributed by atoms with E-state index < -0.39 is 0 Å². The lowest BCUT2D eigenvalue weighted by atomic mass is 10.2. The average molecular weight is 282 g/mol. The Morgan fingerprint density at radius 1 is 1.47 bits per heavy atom. The molecule has 0 aliphatic carbocycles. The molecule has 1 aliphatic heterocycles. The third kappa shape index (κ3) is 3.28. The molecule has 1 aliphatic rings. The van der Waals surface area contributed by atoms with Crippen molar-refractivity contribution in [3.05, 3.63) is 5.01 Å². The van der Waals surface area contributed by atoms with Gasteiger partial charge in [0.25, 0.3) is 0 Å². The number of hydrogen-bond acceptors (Lipinski definition) is 5. The Morgan fingerprint density at radius 3 is 2.89 bits per heavy atom. The molecular formula is C12H18N4O2S. The number of likely N-dealkylation sites (tertiary alicyclic amines) is 1. The van der Waals surface area contributed by atoms with Crippen molar-refractivity contribution in [2.45, 2.75) is 45.6 Å². The quantitative estimate of drug-likeness (QED) is 0.909. The van der Waals surface area contributed by atoms with Crippen molar-refractivity contribution in [3.8, 4) is 0 Å². The van der Waals surface area contributed by atoms with E-state index in [1.54, 1.807) is 4.90 Å². The van der Waals surface area contributed by atoms with Crippen molar-refractivity contribution in [2.75, 3.05) is 11.9 Å². The number of carbonyl (C=O) groups excluding carboxylic acids is 2. The molecule has 1 unspecified atom stereocenters. The third-order valence-corrected chi connectivity index (χ3v) is 3.85. The Balaban J connectivity index is 1.99. The molecule has 104 valence electrons. The highest BCUT2D eigenvalue weighted by Gasteiger charge is 2.33. The molecule has 0 spiro atoms. The van der Waals surface area contributed by atoms with Gasteiger partial charge in [0.1, 0.15) is 11.0 Å². The minimum absolute atomic E-state index is 0.0635. The van der Waals surface area contributed by atoms with E-state index in [1.165, 1.54) is 11.3 Å². The Kier molecular flexibility index (Phi) is 4.47. The average Bonchev–Trinajstić information content (AvgIpc) is 2.98. The predicted octanol–water partition coefficient (Wildman–Crippen LogP) is 1.58. The standard InChI is InChI=1S/C12H18N4O2S/c1-3-5-10(17)16-7-4-6-9(16)11(18)13-12-15-14-8(2)19-12/h9H,3-7H2,1-2H3,(H,13,15,18). The van der Waals surface area contributed by atoms with Crippen LogP contribution in [0.3, 0.4) is 0 Å². The van der Waals surface area contributed by atoms with Crippen LogP contribution in [-0.4, -0.2) is 39.5 Å². The summed E-state index contributed by atoms with van der Waals surface area (Å²) in [6.07, 6.45) is 2.91. The van der Waals surface area contributed by atoms with Gasteiger partial charge in [0.15, 0.2) is 0 Å². The summed E-state index contributed by atoms with van der Waals surface area (Å²) in [6, 6.07) is -0.358. The molecule has 0 bridgehead atoms. The summed E-state index contributed by atoms with van der Waals surface area (Å²) in [7, 11) is 0. The highest BCUT2D eigenvalue weighted by Crippen LogP contribution is 2.21. The lowest BCUT2D eigenvalue weighted by molar-refractivity contribution is -0.136. The van der Waals surface area contributed by atoms with E-state index in [2.05, 4.69) is 15.5 Å². The van der Waals surface area contributed by atoms with Gasteiger partial charge in [-0.25, -0.2) is 0 Å². The van der Waals surface area contributed by atoms with Gasteiger partial charge in [0.2, 0.25) is 16.9 Å². The molecule has 1 fully saturated rings. The van der Waals surface area contributed by atoms with Crippen molar-refractivity contribution >= 4 is 28.3 Å². The number of nitrogens with zero attached hydrogens (tertiary/aromatic N) is 3. The minimum Gasteiger partial charge on any atom is -0.331 e. The van der Waals surface area contributed by atoms with E-state index in [4.69, 9.17) is 0 Å². The fourth-order valence-corrected chi connectivity index (χ4v) is 2.83. The molecule has 2 amide bonds. The zero-order valence-electron chi connectivity index (χ0n) is 11.2. The molecule has 19 heavy (non-hydrogen) atoms. The second-order valence-corrected chi connectivity index (χ2v) is 5.79. The number of aromatic nitrogens is 2. The lowest BCUT2D eigenvalue weighted by Gasteiger charge is -2.23. The summed E-state index contributed by atoms with van der Waals surface area (Å²) in [5.41, 5.74) is 0. The maximum absolute atomic E-state index is 12.2. The molecule has 0 radical (unpaired) electrons. The maximum Gasteiger partial charge on any atom is 0.249 e. The maximum atomic E-state index is 12.2. The fourth-order valence-electron chi connectivity index (χ4n) is 2.23. The van der Waals surface area contributed by atoms with E-state index in [1.807, 2.05) is 13.8 Å². The van der Waals surface area contributed by atoms with Crippen molar-refractivity contribution in [1.82, 2.24) is 15.1 Å². The van der Waals surface area contributed by atoms with Crippen LogP contribution in [0.2, 0.25) is 0 Å². The fraction of sp³-hybridized carbons (Fsp3) is 0.667. The van der Waals surface area contributed by atoms with Gasteiger partial charge in [-0.2, -0.15) is 0 Å². The number of nitrogens with one attached hydrogen (secondary N) is 1. The first kappa shape index (κ1) is 13.9. The van der Waals surface area contributed by atoms with Crippen LogP contribution in [0, 0.1) is 6.92 Å². The van der Waals surface area contributed by atoms with Gasteiger partial charge in [-0.05, 0) is 26.2 Å². The smallest absolute Gasteiger partial charge is 0.249 e. The highest BCUT2D eigenvalue weighted by molar-refractivity contribution is 7.15. The van der Waals surface area contributed by atoms with E-state index in [0.717, 1.165) is 24.3 Å². The van der Waals surface area contributed by atoms with Crippen LogP contribution in [0.5, 0.6) is 0 Å². The van der Waals surface area contributed by atoms with Crippen LogP contribution in [0.25, 0.3) is 0 Å². The molecule has 2 rings (SSSR count). The summed E-state index contributed by atoms with van der Waals surface area (Å²) in [5, 5.41) is 11.8.